The molecule has 1 amide bonds. The van der Waals surface area contributed by atoms with Crippen LogP contribution < -0.4 is 5.32 Å². The van der Waals surface area contributed by atoms with Gasteiger partial charge in [0.05, 0.1) is 5.69 Å². The van der Waals surface area contributed by atoms with Crippen LogP contribution >= 0.6 is 0 Å². The van der Waals surface area contributed by atoms with Gasteiger partial charge >= 0.3 is 6.09 Å². The Hall–Kier alpha value is -1.69. The van der Waals surface area contributed by atoms with Crippen molar-refractivity contribution in [3.05, 3.63) is 24.0 Å². The fraction of sp³-hybridized carbons (Fsp3) is 0.643. The Kier molecular flexibility index (Phi) is 4.54. The van der Waals surface area contributed by atoms with E-state index >= 15 is 0 Å². The third-order valence-electron chi connectivity index (χ3n) is 3.04. The molecule has 1 N–H and O–H groups in total. The Bertz CT molecular complexity index is 444. The molecule has 2 heterocycles. The van der Waals surface area contributed by atoms with Gasteiger partial charge in [-0.15, -0.1) is 0 Å². The Balaban J connectivity index is 1.76. The average Bonchev–Trinajstić information content (AvgIpc) is 2.84. The lowest BCUT2D eigenvalue weighted by molar-refractivity contribution is 0.0291. The second-order valence-electron chi connectivity index (χ2n) is 6.01. The van der Waals surface area contributed by atoms with Gasteiger partial charge in [0.25, 0.3) is 0 Å². The van der Waals surface area contributed by atoms with Crippen LogP contribution in [-0.4, -0.2) is 45.9 Å². The van der Waals surface area contributed by atoms with E-state index in [-0.39, 0.29) is 12.1 Å². The molecule has 1 aliphatic heterocycles. The second-order valence-corrected chi connectivity index (χ2v) is 6.01. The van der Waals surface area contributed by atoms with Crippen molar-refractivity contribution in [3.63, 3.8) is 0 Å². The van der Waals surface area contributed by atoms with E-state index in [1.165, 1.54) is 0 Å². The Morgan fingerprint density at radius 2 is 2.35 bits per heavy atom. The van der Waals surface area contributed by atoms with Gasteiger partial charge in [-0.2, -0.15) is 10.2 Å². The fourth-order valence-corrected chi connectivity index (χ4v) is 2.10. The highest BCUT2D eigenvalue weighted by Gasteiger charge is 2.29. The van der Waals surface area contributed by atoms with Crippen molar-refractivity contribution in [2.45, 2.75) is 45.4 Å². The van der Waals surface area contributed by atoms with Crippen LogP contribution in [0.5, 0.6) is 0 Å². The molecule has 0 radical (unpaired) electrons. The summed E-state index contributed by atoms with van der Waals surface area (Å²) in [7, 11) is 0. The summed E-state index contributed by atoms with van der Waals surface area (Å²) in [4.78, 5) is 13.7. The van der Waals surface area contributed by atoms with Crippen LogP contribution in [0.4, 0.5) is 4.79 Å². The molecule has 1 atom stereocenters. The Morgan fingerprint density at radius 3 is 3.00 bits per heavy atom. The van der Waals surface area contributed by atoms with E-state index in [0.29, 0.717) is 13.1 Å². The first-order chi connectivity index (χ1) is 9.44. The highest BCUT2D eigenvalue weighted by molar-refractivity contribution is 5.68. The fourth-order valence-electron chi connectivity index (χ4n) is 2.10. The summed E-state index contributed by atoms with van der Waals surface area (Å²) in [6, 6.07) is 4.08. The van der Waals surface area contributed by atoms with E-state index in [4.69, 9.17) is 4.74 Å². The minimum atomic E-state index is -0.442. The van der Waals surface area contributed by atoms with Gasteiger partial charge in [0.15, 0.2) is 0 Å². The molecule has 1 aromatic heterocycles. The lowest BCUT2D eigenvalue weighted by atomic mass is 10.2. The zero-order chi connectivity index (χ0) is 14.6. The van der Waals surface area contributed by atoms with Gasteiger partial charge in [-0.25, -0.2) is 4.79 Å². The highest BCUT2D eigenvalue weighted by atomic mass is 16.6. The van der Waals surface area contributed by atoms with Gasteiger partial charge < -0.3 is 15.0 Å². The van der Waals surface area contributed by atoms with E-state index in [2.05, 4.69) is 15.5 Å². The smallest absolute Gasteiger partial charge is 0.410 e. The molecule has 0 aliphatic carbocycles. The van der Waals surface area contributed by atoms with Gasteiger partial charge in [0.1, 0.15) is 5.60 Å². The van der Waals surface area contributed by atoms with Crippen LogP contribution in [0.15, 0.2) is 18.3 Å². The summed E-state index contributed by atoms with van der Waals surface area (Å²) in [5.41, 5.74) is 0.464. The van der Waals surface area contributed by atoms with Gasteiger partial charge in [-0.3, -0.25) is 0 Å². The lowest BCUT2D eigenvalue weighted by Crippen LogP contribution is -2.38. The van der Waals surface area contributed by atoms with Crippen molar-refractivity contribution >= 4 is 6.09 Å². The Morgan fingerprint density at radius 1 is 1.55 bits per heavy atom. The van der Waals surface area contributed by atoms with Crippen LogP contribution in [-0.2, 0) is 11.3 Å². The monoisotopic (exact) mass is 278 g/mol. The van der Waals surface area contributed by atoms with Crippen LogP contribution in [0.3, 0.4) is 0 Å². The third-order valence-corrected chi connectivity index (χ3v) is 3.04. The maximum atomic E-state index is 11.9. The van der Waals surface area contributed by atoms with Crippen LogP contribution in [0.1, 0.15) is 32.9 Å². The van der Waals surface area contributed by atoms with Crippen LogP contribution in [0.25, 0.3) is 0 Å². The van der Waals surface area contributed by atoms with E-state index in [1.807, 2.05) is 32.9 Å². The highest BCUT2D eigenvalue weighted by Crippen LogP contribution is 2.15. The number of ether oxygens (including phenoxy) is 1. The minimum absolute atomic E-state index is 0.235. The summed E-state index contributed by atoms with van der Waals surface area (Å²) >= 11 is 0. The number of nitrogens with zero attached hydrogens (tertiary/aromatic N) is 3. The molecule has 20 heavy (non-hydrogen) atoms. The number of hydrogen-bond donors (Lipinski definition) is 1. The molecule has 6 nitrogen and oxygen atoms in total. The van der Waals surface area contributed by atoms with Gasteiger partial charge in [0.2, 0.25) is 0 Å². The van der Waals surface area contributed by atoms with E-state index in [9.17, 15) is 4.79 Å². The summed E-state index contributed by atoms with van der Waals surface area (Å²) < 4.78 is 5.37. The molecular weight excluding hydrogens is 256 g/mol. The quantitative estimate of drug-likeness (QED) is 0.909. The molecule has 0 spiro atoms. The molecule has 1 fully saturated rings. The number of hydrogen-bond acceptors (Lipinski definition) is 5. The number of carbonyl (C=O) groups excluding carboxylic acids is 1. The number of carbonyl (C=O) groups is 1. The Labute approximate surface area is 119 Å². The van der Waals surface area contributed by atoms with Gasteiger partial charge in [0, 0.05) is 31.9 Å². The number of amides is 1. The van der Waals surface area contributed by atoms with Crippen LogP contribution in [0.2, 0.25) is 0 Å². The van der Waals surface area contributed by atoms with E-state index < -0.39 is 5.60 Å². The molecule has 1 aromatic rings. The number of rotatable bonds is 3. The predicted octanol–water partition coefficient (Wildman–Crippen LogP) is 1.58. The third kappa shape index (κ3) is 4.45. The second kappa shape index (κ2) is 6.17. The standard InChI is InChI=1S/C14H22N4O2/c1-14(2,3)20-13(19)18-8-6-12(10-18)15-9-11-5-4-7-16-17-11/h4-5,7,12,15H,6,8-10H2,1-3H3. The number of aromatic nitrogens is 2. The molecule has 110 valence electrons. The van der Waals surface area contributed by atoms with Crippen molar-refractivity contribution in [1.29, 1.82) is 0 Å². The van der Waals surface area contributed by atoms with Crippen molar-refractivity contribution in [1.82, 2.24) is 20.4 Å². The lowest BCUT2D eigenvalue weighted by Gasteiger charge is -2.24. The number of likely N-dealkylation sites (tertiary alicyclic amines) is 1. The first-order valence-electron chi connectivity index (χ1n) is 6.92. The van der Waals surface area contributed by atoms with E-state index in [0.717, 1.165) is 18.7 Å². The molecule has 1 saturated heterocycles. The first kappa shape index (κ1) is 14.7. The maximum absolute atomic E-state index is 11.9. The summed E-state index contributed by atoms with van der Waals surface area (Å²) in [6.07, 6.45) is 2.35. The molecule has 0 bridgehead atoms. The molecule has 0 aromatic carbocycles. The summed E-state index contributed by atoms with van der Waals surface area (Å²) in [5, 5.41) is 11.3. The zero-order valence-electron chi connectivity index (χ0n) is 12.3. The minimum Gasteiger partial charge on any atom is -0.444 e. The molecule has 2 rings (SSSR count). The number of nitrogens with one attached hydrogen (secondary N) is 1. The van der Waals surface area contributed by atoms with E-state index in [1.54, 1.807) is 11.1 Å². The largest absolute Gasteiger partial charge is 0.444 e. The van der Waals surface area contributed by atoms with Crippen molar-refractivity contribution in [2.24, 2.45) is 0 Å². The molecule has 1 aliphatic rings. The van der Waals surface area contributed by atoms with Crippen LogP contribution in [0, 0.1) is 0 Å². The summed E-state index contributed by atoms with van der Waals surface area (Å²) in [6.45, 7) is 7.71. The normalized spacial score (nSPS) is 19.1. The van der Waals surface area contributed by atoms with Gasteiger partial charge in [-0.1, -0.05) is 0 Å². The maximum Gasteiger partial charge on any atom is 0.410 e. The van der Waals surface area contributed by atoms with Crippen molar-refractivity contribution in [2.75, 3.05) is 13.1 Å². The zero-order valence-corrected chi connectivity index (χ0v) is 12.3. The van der Waals surface area contributed by atoms with Crippen molar-refractivity contribution < 1.29 is 9.53 Å². The SMILES string of the molecule is CC(C)(C)OC(=O)N1CCC(NCc2cccnn2)C1. The first-order valence-corrected chi connectivity index (χ1v) is 6.92. The summed E-state index contributed by atoms with van der Waals surface area (Å²) in [5.74, 6) is 0. The van der Waals surface area contributed by atoms with Crippen molar-refractivity contribution in [3.8, 4) is 0 Å². The molecule has 1 unspecified atom stereocenters. The van der Waals surface area contributed by atoms with Gasteiger partial charge in [-0.05, 0) is 39.3 Å². The molecule has 6 heteroatoms. The topological polar surface area (TPSA) is 67.3 Å². The average molecular weight is 278 g/mol. The predicted molar refractivity (Wildman–Crippen MR) is 75.1 cm³/mol. The molecular formula is C14H22N4O2. The molecule has 0 saturated carbocycles.